The summed E-state index contributed by atoms with van der Waals surface area (Å²) >= 11 is 6.27. The van der Waals surface area contributed by atoms with Crippen molar-refractivity contribution in [3.8, 4) is 5.75 Å². The third kappa shape index (κ3) is 7.12. The number of nitrogens with one attached hydrogen (secondary N) is 1. The molecule has 4 rings (SSSR count). The molecule has 2 aliphatic rings. The molecule has 41 heavy (non-hydrogen) atoms. The van der Waals surface area contributed by atoms with Gasteiger partial charge >= 0.3 is 12.1 Å². The number of hydrogen-bond acceptors (Lipinski definition) is 6. The summed E-state index contributed by atoms with van der Waals surface area (Å²) in [6.45, 7) is 10.9. The zero-order valence-electron chi connectivity index (χ0n) is 24.3. The number of aliphatic carboxylic acids is 1. The number of halogens is 1. The summed E-state index contributed by atoms with van der Waals surface area (Å²) in [5, 5.41) is 14.4. The second-order valence-electron chi connectivity index (χ2n) is 12.1. The van der Waals surface area contributed by atoms with Gasteiger partial charge in [0.1, 0.15) is 29.0 Å². The van der Waals surface area contributed by atoms with E-state index in [1.165, 1.54) is 4.90 Å². The summed E-state index contributed by atoms with van der Waals surface area (Å²) in [7, 11) is 0. The van der Waals surface area contributed by atoms with Crippen molar-refractivity contribution >= 4 is 40.5 Å². The van der Waals surface area contributed by atoms with Gasteiger partial charge in [-0.2, -0.15) is 0 Å². The average Bonchev–Trinajstić information content (AvgIpc) is 3.26. The SMILES string of the molecule is C=CCCCCC[C@H](NC(=O)OC(C)(C)C)C(=O)N1C[C@@]2(CCc3c(c(C)nc4ccc(Cl)cc34)O2)C[C@H]1C(=O)O. The fourth-order valence-corrected chi connectivity index (χ4v) is 5.97. The molecular weight excluding hydrogens is 546 g/mol. The van der Waals surface area contributed by atoms with Gasteiger partial charge in [-0.3, -0.25) is 4.79 Å². The van der Waals surface area contributed by atoms with Crippen LogP contribution in [0.5, 0.6) is 5.75 Å². The number of carboxylic acid groups (broad SMARTS) is 1. The summed E-state index contributed by atoms with van der Waals surface area (Å²) in [4.78, 5) is 45.1. The third-order valence-electron chi connectivity index (χ3n) is 7.68. The molecule has 2 aromatic rings. The number of allylic oxidation sites excluding steroid dienone is 1. The summed E-state index contributed by atoms with van der Waals surface area (Å²) in [5.41, 5.74) is 0.883. The van der Waals surface area contributed by atoms with Crippen LogP contribution in [0.3, 0.4) is 0 Å². The predicted molar refractivity (Wildman–Crippen MR) is 157 cm³/mol. The van der Waals surface area contributed by atoms with Crippen LogP contribution in [0.25, 0.3) is 10.9 Å². The van der Waals surface area contributed by atoms with Gasteiger partial charge in [0.25, 0.3) is 0 Å². The Kier molecular flexibility index (Phi) is 9.16. The van der Waals surface area contributed by atoms with E-state index in [0.717, 1.165) is 35.7 Å². The summed E-state index contributed by atoms with van der Waals surface area (Å²) < 4.78 is 12.0. The minimum Gasteiger partial charge on any atom is -0.483 e. The number of aryl methyl sites for hydroxylation is 2. The number of hydrogen-bond donors (Lipinski definition) is 2. The van der Waals surface area contributed by atoms with Crippen LogP contribution in [-0.2, 0) is 20.7 Å². The Balaban J connectivity index is 1.58. The van der Waals surface area contributed by atoms with E-state index in [4.69, 9.17) is 21.1 Å². The molecule has 222 valence electrons. The van der Waals surface area contributed by atoms with Gasteiger partial charge in [-0.25, -0.2) is 14.6 Å². The van der Waals surface area contributed by atoms with Gasteiger partial charge in [0.2, 0.25) is 5.91 Å². The number of pyridine rings is 1. The van der Waals surface area contributed by atoms with Gasteiger partial charge in [0.05, 0.1) is 17.8 Å². The van der Waals surface area contributed by atoms with Crippen molar-refractivity contribution < 1.29 is 29.0 Å². The number of ether oxygens (including phenoxy) is 2. The van der Waals surface area contributed by atoms with Crippen molar-refractivity contribution in [2.75, 3.05) is 6.54 Å². The molecule has 1 aromatic carbocycles. The molecule has 2 N–H and O–H groups in total. The summed E-state index contributed by atoms with van der Waals surface area (Å²) in [6, 6.07) is 3.54. The van der Waals surface area contributed by atoms with E-state index >= 15 is 0 Å². The van der Waals surface area contributed by atoms with E-state index in [1.807, 2.05) is 25.1 Å². The number of nitrogens with zero attached hydrogens (tertiary/aromatic N) is 2. The monoisotopic (exact) mass is 585 g/mol. The minimum absolute atomic E-state index is 0.0955. The van der Waals surface area contributed by atoms with Gasteiger partial charge in [0, 0.05) is 22.4 Å². The summed E-state index contributed by atoms with van der Waals surface area (Å²) in [5.74, 6) is -0.930. The van der Waals surface area contributed by atoms with Crippen molar-refractivity contribution in [3.63, 3.8) is 0 Å². The molecule has 0 bridgehead atoms. The molecule has 1 fully saturated rings. The van der Waals surface area contributed by atoms with Crippen LogP contribution < -0.4 is 10.1 Å². The van der Waals surface area contributed by atoms with E-state index < -0.39 is 41.3 Å². The van der Waals surface area contributed by atoms with Crippen LogP contribution >= 0.6 is 11.6 Å². The molecule has 3 heterocycles. The molecule has 1 aromatic heterocycles. The molecule has 10 heteroatoms. The molecule has 1 saturated heterocycles. The van der Waals surface area contributed by atoms with E-state index in [2.05, 4.69) is 16.9 Å². The van der Waals surface area contributed by atoms with E-state index in [1.54, 1.807) is 26.8 Å². The van der Waals surface area contributed by atoms with Crippen molar-refractivity contribution in [1.29, 1.82) is 0 Å². The van der Waals surface area contributed by atoms with Crippen molar-refractivity contribution in [2.24, 2.45) is 0 Å². The first-order valence-corrected chi connectivity index (χ1v) is 14.6. The molecule has 1 spiro atoms. The molecule has 0 saturated carbocycles. The molecule has 2 amide bonds. The molecule has 3 atom stereocenters. The maximum absolute atomic E-state index is 13.9. The Morgan fingerprint density at radius 2 is 2.07 bits per heavy atom. The number of amides is 2. The Morgan fingerprint density at radius 3 is 2.76 bits per heavy atom. The number of alkyl carbamates (subject to hydrolysis) is 1. The zero-order chi connectivity index (χ0) is 29.9. The van der Waals surface area contributed by atoms with Gasteiger partial charge < -0.3 is 24.8 Å². The number of benzene rings is 1. The van der Waals surface area contributed by atoms with E-state index in [-0.39, 0.29) is 13.0 Å². The second kappa shape index (κ2) is 12.3. The summed E-state index contributed by atoms with van der Waals surface area (Å²) in [6.07, 6.45) is 6.12. The number of fused-ring (bicyclic) bond motifs is 3. The fourth-order valence-electron chi connectivity index (χ4n) is 5.80. The highest BCUT2D eigenvalue weighted by Gasteiger charge is 2.53. The lowest BCUT2D eigenvalue weighted by atomic mass is 9.87. The van der Waals surface area contributed by atoms with Crippen LogP contribution in [0, 0.1) is 6.92 Å². The quantitative estimate of drug-likeness (QED) is 0.275. The number of carbonyl (C=O) groups is 3. The Hall–Kier alpha value is -3.33. The molecular formula is C31H40ClN3O6. The van der Waals surface area contributed by atoms with Crippen LogP contribution in [0.15, 0.2) is 30.9 Å². The van der Waals surface area contributed by atoms with Gasteiger partial charge in [-0.1, -0.05) is 30.5 Å². The average molecular weight is 586 g/mol. The van der Waals surface area contributed by atoms with Gasteiger partial charge in [0.15, 0.2) is 0 Å². The van der Waals surface area contributed by atoms with Gasteiger partial charge in [-0.15, -0.1) is 6.58 Å². The minimum atomic E-state index is -1.10. The maximum Gasteiger partial charge on any atom is 0.408 e. The van der Waals surface area contributed by atoms with Crippen molar-refractivity contribution in [2.45, 2.75) is 102 Å². The lowest BCUT2D eigenvalue weighted by Gasteiger charge is -2.36. The lowest BCUT2D eigenvalue weighted by Crippen LogP contribution is -2.53. The highest BCUT2D eigenvalue weighted by atomic mass is 35.5. The topological polar surface area (TPSA) is 118 Å². The normalized spacial score (nSPS) is 20.8. The number of aromatic nitrogens is 1. The standard InChI is InChI=1S/C31H40ClN3O6/c1-6-7-8-9-10-11-24(34-29(39)41-30(3,4)5)27(36)35-18-31(17-25(35)28(37)38)15-14-21-22-16-20(32)12-13-23(22)33-19(2)26(21)40-31/h6,12-13,16,24-25H,1,7-11,14-15,17-18H2,2-5H3,(H,34,39)(H,37,38)/t24-,25-,31+/m0/s1. The first kappa shape index (κ1) is 30.6. The molecule has 0 radical (unpaired) electrons. The number of carboxylic acids is 1. The lowest BCUT2D eigenvalue weighted by molar-refractivity contribution is -0.149. The van der Waals surface area contributed by atoms with Crippen LogP contribution in [0.4, 0.5) is 4.79 Å². The highest BCUT2D eigenvalue weighted by molar-refractivity contribution is 6.31. The first-order chi connectivity index (χ1) is 19.3. The molecule has 0 unspecified atom stereocenters. The Labute approximate surface area is 246 Å². The van der Waals surface area contributed by atoms with Crippen LogP contribution in [0.1, 0.15) is 77.0 Å². The Morgan fingerprint density at radius 1 is 1.32 bits per heavy atom. The number of carbonyl (C=O) groups excluding carboxylic acids is 2. The van der Waals surface area contributed by atoms with Gasteiger partial charge in [-0.05, 0) is 78.0 Å². The highest BCUT2D eigenvalue weighted by Crippen LogP contribution is 2.44. The number of unbranched alkanes of at least 4 members (excludes halogenated alkanes) is 3. The number of rotatable bonds is 9. The second-order valence-corrected chi connectivity index (χ2v) is 12.5. The molecule has 2 aliphatic heterocycles. The van der Waals surface area contributed by atoms with Crippen molar-refractivity contribution in [1.82, 2.24) is 15.2 Å². The van der Waals surface area contributed by atoms with E-state index in [9.17, 15) is 19.5 Å². The van der Waals surface area contributed by atoms with E-state index in [0.29, 0.717) is 42.1 Å². The fraction of sp³-hybridized carbons (Fsp3) is 0.548. The largest absolute Gasteiger partial charge is 0.483 e. The third-order valence-corrected chi connectivity index (χ3v) is 7.92. The van der Waals surface area contributed by atoms with Crippen molar-refractivity contribution in [3.05, 3.63) is 47.1 Å². The zero-order valence-corrected chi connectivity index (χ0v) is 25.1. The molecule has 0 aliphatic carbocycles. The number of likely N-dealkylation sites (tertiary alicyclic amines) is 1. The predicted octanol–water partition coefficient (Wildman–Crippen LogP) is 5.98. The Bertz CT molecular complexity index is 1340. The molecule has 9 nitrogen and oxygen atoms in total. The maximum atomic E-state index is 13.9. The van der Waals surface area contributed by atoms with Crippen LogP contribution in [-0.4, -0.2) is 62.8 Å². The smallest absolute Gasteiger partial charge is 0.408 e. The van der Waals surface area contributed by atoms with Crippen LogP contribution in [0.2, 0.25) is 5.02 Å². The first-order valence-electron chi connectivity index (χ1n) is 14.2.